The molecule has 0 bridgehead atoms. The van der Waals surface area contributed by atoms with Gasteiger partial charge in [-0.2, -0.15) is 0 Å². The molecule has 0 N–H and O–H groups in total. The molecule has 1 saturated heterocycles. The van der Waals surface area contributed by atoms with Crippen LogP contribution in [-0.4, -0.2) is 47.3 Å². The summed E-state index contributed by atoms with van der Waals surface area (Å²) in [6.07, 6.45) is -0.213. The van der Waals surface area contributed by atoms with Crippen LogP contribution in [0.15, 0.2) is 30.3 Å². The molecule has 1 heterocycles. The molecular formula is C14H21Cl2N2O2P. The predicted molar refractivity (Wildman–Crippen MR) is 88.1 cm³/mol. The summed E-state index contributed by atoms with van der Waals surface area (Å²) in [5.74, 6) is 0.783. The highest BCUT2D eigenvalue weighted by molar-refractivity contribution is 7.54. The summed E-state index contributed by atoms with van der Waals surface area (Å²) in [5, 5.41) is 0. The van der Waals surface area contributed by atoms with Crippen LogP contribution in [0.4, 0.5) is 0 Å². The first-order valence-corrected chi connectivity index (χ1v) is 9.58. The van der Waals surface area contributed by atoms with Gasteiger partial charge in [0.25, 0.3) is 0 Å². The van der Waals surface area contributed by atoms with Crippen LogP contribution < -0.4 is 0 Å². The molecule has 0 saturated carbocycles. The summed E-state index contributed by atoms with van der Waals surface area (Å²) >= 11 is 11.7. The summed E-state index contributed by atoms with van der Waals surface area (Å²) in [5.41, 5.74) is 1.03. The maximum atomic E-state index is 13.3. The highest BCUT2D eigenvalue weighted by atomic mass is 35.5. The van der Waals surface area contributed by atoms with Crippen molar-refractivity contribution >= 4 is 30.9 Å². The van der Waals surface area contributed by atoms with Gasteiger partial charge in [-0.3, -0.25) is 9.09 Å². The van der Waals surface area contributed by atoms with Gasteiger partial charge in [0.1, 0.15) is 6.10 Å². The number of benzene rings is 1. The van der Waals surface area contributed by atoms with Crippen molar-refractivity contribution in [3.8, 4) is 0 Å². The molecule has 4 nitrogen and oxygen atoms in total. The fourth-order valence-corrected chi connectivity index (χ4v) is 5.75. The Labute approximate surface area is 136 Å². The van der Waals surface area contributed by atoms with E-state index in [0.29, 0.717) is 24.8 Å². The average molecular weight is 351 g/mol. The first kappa shape index (κ1) is 17.3. The number of alkyl halides is 2. The topological polar surface area (TPSA) is 32.8 Å². The van der Waals surface area contributed by atoms with E-state index in [1.54, 1.807) is 4.67 Å². The molecule has 21 heavy (non-hydrogen) atoms. The standard InChI is InChI=1S/C14H21Cl2N2O2P/c1-12-14(13-6-4-3-5-7-13)20-21(19,17(12)2)18(10-8-15)11-9-16/h3-7,12,14H,8-11H2,1-2H3/t12-,14-,21-/m1/s1. The van der Waals surface area contributed by atoms with Crippen LogP contribution >= 0.6 is 30.9 Å². The van der Waals surface area contributed by atoms with Gasteiger partial charge in [-0.25, -0.2) is 9.34 Å². The minimum atomic E-state index is -3.08. The molecule has 118 valence electrons. The largest absolute Gasteiger partial charge is 0.346 e. The smallest absolute Gasteiger partial charge is 0.296 e. The van der Waals surface area contributed by atoms with Crippen molar-refractivity contribution < 1.29 is 9.09 Å². The summed E-state index contributed by atoms with van der Waals surface area (Å²) in [7, 11) is -1.25. The Kier molecular flexibility index (Phi) is 6.13. The third-order valence-electron chi connectivity index (χ3n) is 3.85. The highest BCUT2D eigenvalue weighted by Gasteiger charge is 2.50. The quantitative estimate of drug-likeness (QED) is 0.574. The Morgan fingerprint density at radius 2 is 1.81 bits per heavy atom. The van der Waals surface area contributed by atoms with E-state index in [-0.39, 0.29) is 12.1 Å². The van der Waals surface area contributed by atoms with E-state index in [0.717, 1.165) is 5.56 Å². The van der Waals surface area contributed by atoms with Crippen molar-refractivity contribution in [2.24, 2.45) is 0 Å². The molecule has 2 rings (SSSR count). The lowest BCUT2D eigenvalue weighted by molar-refractivity contribution is 0.198. The predicted octanol–water partition coefficient (Wildman–Crippen LogP) is 3.97. The van der Waals surface area contributed by atoms with E-state index >= 15 is 0 Å². The molecule has 1 aliphatic rings. The van der Waals surface area contributed by atoms with Crippen LogP contribution in [0.3, 0.4) is 0 Å². The molecule has 0 aliphatic carbocycles. The Morgan fingerprint density at radius 1 is 1.24 bits per heavy atom. The summed E-state index contributed by atoms with van der Waals surface area (Å²) in [6, 6.07) is 9.90. The van der Waals surface area contributed by atoms with Crippen LogP contribution in [0.1, 0.15) is 18.6 Å². The van der Waals surface area contributed by atoms with Crippen LogP contribution in [-0.2, 0) is 9.09 Å². The van der Waals surface area contributed by atoms with Crippen molar-refractivity contribution in [2.45, 2.75) is 19.1 Å². The van der Waals surface area contributed by atoms with Crippen molar-refractivity contribution in [3.05, 3.63) is 35.9 Å². The van der Waals surface area contributed by atoms with E-state index in [1.165, 1.54) is 0 Å². The summed E-state index contributed by atoms with van der Waals surface area (Å²) in [6.45, 7) is 3.01. The van der Waals surface area contributed by atoms with E-state index in [4.69, 9.17) is 27.7 Å². The number of rotatable bonds is 6. The number of nitrogens with zero attached hydrogens (tertiary/aromatic N) is 2. The van der Waals surface area contributed by atoms with Gasteiger partial charge in [0.2, 0.25) is 0 Å². The molecule has 3 atom stereocenters. The normalized spacial score (nSPS) is 30.1. The molecule has 1 aliphatic heterocycles. The molecular weight excluding hydrogens is 330 g/mol. The van der Waals surface area contributed by atoms with Crippen molar-refractivity contribution in [2.75, 3.05) is 31.9 Å². The van der Waals surface area contributed by atoms with E-state index in [1.807, 2.05) is 49.0 Å². The molecule has 1 aromatic carbocycles. The maximum Gasteiger partial charge on any atom is 0.346 e. The number of likely N-dealkylation sites (N-methyl/N-ethyl adjacent to an activating group) is 1. The fraction of sp³-hybridized carbons (Fsp3) is 0.571. The van der Waals surface area contributed by atoms with Gasteiger partial charge < -0.3 is 0 Å². The molecule has 0 spiro atoms. The van der Waals surface area contributed by atoms with Crippen molar-refractivity contribution in [1.82, 2.24) is 9.34 Å². The van der Waals surface area contributed by atoms with Gasteiger partial charge in [0, 0.05) is 30.9 Å². The first-order valence-electron chi connectivity index (χ1n) is 6.98. The zero-order chi connectivity index (χ0) is 15.5. The van der Waals surface area contributed by atoms with E-state index < -0.39 is 7.67 Å². The third kappa shape index (κ3) is 3.47. The maximum absolute atomic E-state index is 13.3. The zero-order valence-corrected chi connectivity index (χ0v) is 14.7. The highest BCUT2D eigenvalue weighted by Crippen LogP contribution is 2.64. The lowest BCUT2D eigenvalue weighted by Crippen LogP contribution is -2.32. The van der Waals surface area contributed by atoms with E-state index in [9.17, 15) is 4.57 Å². The lowest BCUT2D eigenvalue weighted by Gasteiger charge is -2.30. The SMILES string of the molecule is C[C@@H]1[C@H](c2ccccc2)O[P@@](=O)(N(CCCl)CCCl)N1C. The second kappa shape index (κ2) is 7.45. The van der Waals surface area contributed by atoms with Gasteiger partial charge in [-0.05, 0) is 19.5 Å². The second-order valence-electron chi connectivity index (χ2n) is 5.07. The van der Waals surface area contributed by atoms with Crippen LogP contribution in [0, 0.1) is 0 Å². The molecule has 0 aromatic heterocycles. The lowest BCUT2D eigenvalue weighted by atomic mass is 10.0. The van der Waals surface area contributed by atoms with Crippen molar-refractivity contribution in [3.63, 3.8) is 0 Å². The van der Waals surface area contributed by atoms with Crippen LogP contribution in [0.25, 0.3) is 0 Å². The molecule has 0 amide bonds. The van der Waals surface area contributed by atoms with Gasteiger partial charge in [-0.15, -0.1) is 23.2 Å². The van der Waals surface area contributed by atoms with E-state index in [2.05, 4.69) is 0 Å². The van der Waals surface area contributed by atoms with Gasteiger partial charge >= 0.3 is 7.67 Å². The van der Waals surface area contributed by atoms with Crippen molar-refractivity contribution in [1.29, 1.82) is 0 Å². The number of hydrogen-bond acceptors (Lipinski definition) is 2. The van der Waals surface area contributed by atoms with Gasteiger partial charge in [-0.1, -0.05) is 30.3 Å². The monoisotopic (exact) mass is 350 g/mol. The van der Waals surface area contributed by atoms with Gasteiger partial charge in [0.15, 0.2) is 0 Å². The Balaban J connectivity index is 2.27. The fourth-order valence-electron chi connectivity index (χ4n) is 2.54. The third-order valence-corrected chi connectivity index (χ3v) is 6.96. The summed E-state index contributed by atoms with van der Waals surface area (Å²) in [4.78, 5) is 0. The second-order valence-corrected chi connectivity index (χ2v) is 8.22. The Hall–Kier alpha value is -0.0900. The minimum Gasteiger partial charge on any atom is -0.296 e. The van der Waals surface area contributed by atoms with Gasteiger partial charge in [0.05, 0.1) is 0 Å². The average Bonchev–Trinajstić information content (AvgIpc) is 2.73. The Morgan fingerprint density at radius 3 is 2.33 bits per heavy atom. The molecule has 1 aromatic rings. The number of halogens is 2. The first-order chi connectivity index (χ1) is 10.0. The minimum absolute atomic E-state index is 0.0198. The van der Waals surface area contributed by atoms with Crippen LogP contribution in [0.2, 0.25) is 0 Å². The van der Waals surface area contributed by atoms with Crippen LogP contribution in [0.5, 0.6) is 0 Å². The summed E-state index contributed by atoms with van der Waals surface area (Å²) < 4.78 is 22.9. The molecule has 0 unspecified atom stereocenters. The number of hydrogen-bond donors (Lipinski definition) is 0. The zero-order valence-electron chi connectivity index (χ0n) is 12.3. The molecule has 1 fully saturated rings. The molecule has 7 heteroatoms. The molecule has 0 radical (unpaired) electrons. The Bertz CT molecular complexity index is 497.